The van der Waals surface area contributed by atoms with Crippen LogP contribution in [0.4, 0.5) is 4.39 Å². The van der Waals surface area contributed by atoms with Crippen LogP contribution in [0.3, 0.4) is 0 Å². The zero-order chi connectivity index (χ0) is 14.9. The number of halogens is 1. The lowest BCUT2D eigenvalue weighted by molar-refractivity contribution is -0.118. The van der Waals surface area contributed by atoms with Crippen LogP contribution in [0.25, 0.3) is 0 Å². The number of carbonyl (C=O) groups is 1. The largest absolute Gasteiger partial charge is 0.300 e. The first kappa shape index (κ1) is 14.6. The van der Waals surface area contributed by atoms with E-state index in [9.17, 15) is 9.18 Å². The van der Waals surface area contributed by atoms with Crippen LogP contribution in [0.2, 0.25) is 0 Å². The van der Waals surface area contributed by atoms with E-state index in [1.54, 1.807) is 6.07 Å². The van der Waals surface area contributed by atoms with Gasteiger partial charge in [-0.2, -0.15) is 5.26 Å². The molecule has 0 N–H and O–H groups in total. The van der Waals surface area contributed by atoms with Crippen LogP contribution in [0.5, 0.6) is 0 Å². The minimum Gasteiger partial charge on any atom is -0.300 e. The lowest BCUT2D eigenvalue weighted by atomic mass is 9.77. The molecule has 1 aliphatic carbocycles. The van der Waals surface area contributed by atoms with Gasteiger partial charge in [0.25, 0.3) is 0 Å². The minimum atomic E-state index is -0.369. The van der Waals surface area contributed by atoms with E-state index >= 15 is 0 Å². The summed E-state index contributed by atoms with van der Waals surface area (Å²) in [5, 5.41) is 8.89. The molecule has 1 aromatic carbocycles. The summed E-state index contributed by atoms with van der Waals surface area (Å²) in [6.45, 7) is 1.83. The number of hydrogen-bond donors (Lipinski definition) is 0. The van der Waals surface area contributed by atoms with Crippen LogP contribution < -0.4 is 0 Å². The van der Waals surface area contributed by atoms with Crippen LogP contribution in [0.1, 0.15) is 37.7 Å². The van der Waals surface area contributed by atoms with Crippen molar-refractivity contribution < 1.29 is 9.18 Å². The molecule has 1 saturated carbocycles. The molecule has 1 heterocycles. The molecule has 1 spiro atoms. The Morgan fingerprint density at radius 1 is 1.24 bits per heavy atom. The maximum atomic E-state index is 13.4. The highest BCUT2D eigenvalue weighted by Crippen LogP contribution is 2.46. The summed E-state index contributed by atoms with van der Waals surface area (Å²) in [4.78, 5) is 12.3. The topological polar surface area (TPSA) is 44.1 Å². The molecular formula is C16H17FN2OS. The van der Waals surface area contributed by atoms with Gasteiger partial charge in [-0.05, 0) is 54.8 Å². The summed E-state index contributed by atoms with van der Waals surface area (Å²) in [7, 11) is 0. The van der Waals surface area contributed by atoms with Gasteiger partial charge in [0.05, 0.1) is 11.6 Å². The van der Waals surface area contributed by atoms with Crippen LogP contribution in [-0.4, -0.2) is 23.2 Å². The number of Topliss-reactive ketones (excluding diaryl/α,β-unsaturated/α-hetero) is 1. The van der Waals surface area contributed by atoms with Crippen molar-refractivity contribution >= 4 is 17.7 Å². The molecule has 0 atom stereocenters. The maximum Gasteiger partial charge on any atom is 0.133 e. The van der Waals surface area contributed by atoms with Crippen molar-refractivity contribution in [3.8, 4) is 6.07 Å². The van der Waals surface area contributed by atoms with Crippen LogP contribution in [-0.2, 0) is 4.79 Å². The Labute approximate surface area is 128 Å². The number of rotatable bonds is 2. The zero-order valence-corrected chi connectivity index (χ0v) is 12.6. The van der Waals surface area contributed by atoms with E-state index in [2.05, 4.69) is 4.31 Å². The molecule has 1 aromatic rings. The van der Waals surface area contributed by atoms with E-state index in [0.29, 0.717) is 11.3 Å². The van der Waals surface area contributed by atoms with Gasteiger partial charge in [-0.1, -0.05) is 0 Å². The average molecular weight is 304 g/mol. The summed E-state index contributed by atoms with van der Waals surface area (Å²) in [5.41, 5.74) is 0.584. The monoisotopic (exact) mass is 304 g/mol. The second-order valence-corrected chi connectivity index (χ2v) is 7.19. The van der Waals surface area contributed by atoms with Crippen LogP contribution in [0, 0.1) is 22.6 Å². The number of ketones is 1. The summed E-state index contributed by atoms with van der Waals surface area (Å²) in [6.07, 6.45) is 4.58. The van der Waals surface area contributed by atoms with Gasteiger partial charge in [-0.15, -0.1) is 0 Å². The summed E-state index contributed by atoms with van der Waals surface area (Å²) in [5.74, 6) is 0.0336. The highest BCUT2D eigenvalue weighted by Gasteiger charge is 2.40. The van der Waals surface area contributed by atoms with Gasteiger partial charge in [0.2, 0.25) is 0 Å². The van der Waals surface area contributed by atoms with Crippen LogP contribution in [0.15, 0.2) is 23.1 Å². The second kappa shape index (κ2) is 5.78. The quantitative estimate of drug-likeness (QED) is 0.784. The Morgan fingerprint density at radius 3 is 2.62 bits per heavy atom. The van der Waals surface area contributed by atoms with Crippen molar-refractivity contribution in [2.75, 3.05) is 13.1 Å². The van der Waals surface area contributed by atoms with Gasteiger partial charge in [-0.25, -0.2) is 8.70 Å². The Morgan fingerprint density at radius 2 is 2.00 bits per heavy atom. The number of piperidine rings is 1. The molecule has 2 fully saturated rings. The molecule has 0 bridgehead atoms. The Balaban J connectivity index is 1.62. The van der Waals surface area contributed by atoms with Crippen molar-refractivity contribution in [3.63, 3.8) is 0 Å². The Bertz CT molecular complexity index is 603. The van der Waals surface area contributed by atoms with Gasteiger partial charge in [-0.3, -0.25) is 4.79 Å². The van der Waals surface area contributed by atoms with Crippen molar-refractivity contribution in [1.82, 2.24) is 4.31 Å². The van der Waals surface area contributed by atoms with Crippen molar-refractivity contribution in [2.24, 2.45) is 5.41 Å². The average Bonchev–Trinajstić information content (AvgIpc) is 2.82. The fraction of sp³-hybridized carbons (Fsp3) is 0.500. The number of carbonyl (C=O) groups excluding carboxylic acids is 1. The lowest BCUT2D eigenvalue weighted by Gasteiger charge is -2.38. The molecule has 0 unspecified atom stereocenters. The first-order chi connectivity index (χ1) is 10.1. The minimum absolute atomic E-state index is 0.230. The van der Waals surface area contributed by atoms with Crippen molar-refractivity contribution in [2.45, 2.75) is 37.0 Å². The Hall–Kier alpha value is -1.38. The maximum absolute atomic E-state index is 13.4. The Kier molecular flexibility index (Phi) is 4.01. The molecule has 21 heavy (non-hydrogen) atoms. The highest BCUT2D eigenvalue weighted by molar-refractivity contribution is 7.97. The fourth-order valence-corrected chi connectivity index (χ4v) is 4.32. The number of benzene rings is 1. The predicted molar refractivity (Wildman–Crippen MR) is 79.1 cm³/mol. The van der Waals surface area contributed by atoms with E-state index in [1.807, 2.05) is 6.07 Å². The van der Waals surface area contributed by atoms with Gasteiger partial charge >= 0.3 is 0 Å². The SMILES string of the molecule is N#Cc1cc(F)cc(SN2CCC3(CCC(=O)C3)CC2)c1. The molecule has 110 valence electrons. The lowest BCUT2D eigenvalue weighted by Crippen LogP contribution is -2.35. The third-order valence-corrected chi connectivity index (χ3v) is 5.59. The van der Waals surface area contributed by atoms with E-state index in [1.165, 1.54) is 24.1 Å². The summed E-state index contributed by atoms with van der Waals surface area (Å²) >= 11 is 1.51. The first-order valence-electron chi connectivity index (χ1n) is 7.24. The molecule has 0 aromatic heterocycles. The van der Waals surface area contributed by atoms with Gasteiger partial charge in [0.15, 0.2) is 0 Å². The van der Waals surface area contributed by atoms with Crippen molar-refractivity contribution in [1.29, 1.82) is 5.26 Å². The smallest absolute Gasteiger partial charge is 0.133 e. The molecule has 1 aliphatic heterocycles. The van der Waals surface area contributed by atoms with E-state index < -0.39 is 0 Å². The van der Waals surface area contributed by atoms with Crippen LogP contribution >= 0.6 is 11.9 Å². The number of nitriles is 1. The third kappa shape index (κ3) is 3.28. The van der Waals surface area contributed by atoms with Crippen molar-refractivity contribution in [3.05, 3.63) is 29.6 Å². The molecule has 5 heteroatoms. The van der Waals surface area contributed by atoms with Gasteiger partial charge in [0.1, 0.15) is 11.6 Å². The molecule has 3 nitrogen and oxygen atoms in total. The van der Waals surface area contributed by atoms with Gasteiger partial charge in [0, 0.05) is 30.8 Å². The summed E-state index contributed by atoms with van der Waals surface area (Å²) < 4.78 is 15.6. The fourth-order valence-electron chi connectivity index (χ4n) is 3.31. The number of nitrogens with zero attached hydrogens (tertiary/aromatic N) is 2. The molecular weight excluding hydrogens is 287 g/mol. The standard InChI is InChI=1S/C16H17FN2OS/c17-13-7-12(11-18)8-15(9-13)21-19-5-3-16(4-6-19)2-1-14(20)10-16/h7-9H,1-6,10H2. The predicted octanol–water partition coefficient (Wildman–Crippen LogP) is 3.54. The molecule has 1 saturated heterocycles. The first-order valence-corrected chi connectivity index (χ1v) is 8.01. The highest BCUT2D eigenvalue weighted by atomic mass is 32.2. The summed E-state index contributed by atoms with van der Waals surface area (Å²) in [6, 6.07) is 6.42. The zero-order valence-electron chi connectivity index (χ0n) is 11.8. The molecule has 0 radical (unpaired) electrons. The third-order valence-electron chi connectivity index (χ3n) is 4.52. The van der Waals surface area contributed by atoms with E-state index in [4.69, 9.17) is 5.26 Å². The molecule has 0 amide bonds. The van der Waals surface area contributed by atoms with E-state index in [0.717, 1.165) is 50.1 Å². The molecule has 3 rings (SSSR count). The van der Waals surface area contributed by atoms with E-state index in [-0.39, 0.29) is 11.2 Å². The van der Waals surface area contributed by atoms with Gasteiger partial charge < -0.3 is 0 Å². The number of hydrogen-bond acceptors (Lipinski definition) is 4. The molecule has 2 aliphatic rings. The second-order valence-electron chi connectivity index (χ2n) is 6.02. The normalized spacial score (nSPS) is 21.6.